The number of alkyl halides is 1. The number of carbonyl (C=O) groups excluding carboxylic acids is 1. The van der Waals surface area contributed by atoms with Gasteiger partial charge in [0.2, 0.25) is 0 Å². The molecular weight excluding hydrogens is 238 g/mol. The molecule has 0 aliphatic heterocycles. The van der Waals surface area contributed by atoms with Gasteiger partial charge in [0.05, 0.1) is 0 Å². The molecule has 2 N–H and O–H groups in total. The Hall–Kier alpha value is -1.22. The number of amides is 1. The Morgan fingerprint density at radius 2 is 2.24 bits per heavy atom. The van der Waals surface area contributed by atoms with Gasteiger partial charge in [-0.15, -0.1) is 11.6 Å². The maximum atomic E-state index is 11.9. The van der Waals surface area contributed by atoms with Crippen LogP contribution >= 0.6 is 11.6 Å². The summed E-state index contributed by atoms with van der Waals surface area (Å²) in [4.78, 5) is 11.9. The number of benzene rings is 1. The van der Waals surface area contributed by atoms with Crippen LogP contribution in [0.25, 0.3) is 0 Å². The Labute approximate surface area is 107 Å². The van der Waals surface area contributed by atoms with Crippen molar-refractivity contribution in [3.8, 4) is 5.75 Å². The SMILES string of the molecule is Cc1cc(O)ccc1C(=O)NCC(C)CCCl. The van der Waals surface area contributed by atoms with E-state index in [-0.39, 0.29) is 11.7 Å². The molecular formula is C13H18ClNO2. The molecule has 1 unspecified atom stereocenters. The minimum Gasteiger partial charge on any atom is -0.508 e. The van der Waals surface area contributed by atoms with Crippen molar-refractivity contribution in [2.24, 2.45) is 5.92 Å². The summed E-state index contributed by atoms with van der Waals surface area (Å²) in [5.74, 6) is 1.04. The minimum absolute atomic E-state index is 0.107. The molecule has 0 fully saturated rings. The van der Waals surface area contributed by atoms with E-state index in [4.69, 9.17) is 11.6 Å². The lowest BCUT2D eigenvalue weighted by atomic mass is 10.1. The minimum atomic E-state index is -0.107. The second kappa shape index (κ2) is 6.50. The van der Waals surface area contributed by atoms with Gasteiger partial charge in [-0.2, -0.15) is 0 Å². The van der Waals surface area contributed by atoms with Gasteiger partial charge in [0, 0.05) is 18.0 Å². The number of carbonyl (C=O) groups is 1. The van der Waals surface area contributed by atoms with Crippen LogP contribution in [0.2, 0.25) is 0 Å². The zero-order chi connectivity index (χ0) is 12.8. The second-order valence-electron chi connectivity index (χ2n) is 4.29. The summed E-state index contributed by atoms with van der Waals surface area (Å²) in [6.07, 6.45) is 0.885. The van der Waals surface area contributed by atoms with Crippen LogP contribution in [0.5, 0.6) is 5.75 Å². The van der Waals surface area contributed by atoms with Crippen LogP contribution < -0.4 is 5.32 Å². The highest BCUT2D eigenvalue weighted by molar-refractivity contribution is 6.17. The van der Waals surface area contributed by atoms with Crippen molar-refractivity contribution in [2.75, 3.05) is 12.4 Å². The highest BCUT2D eigenvalue weighted by Gasteiger charge is 2.10. The first kappa shape index (κ1) is 13.8. The highest BCUT2D eigenvalue weighted by atomic mass is 35.5. The molecule has 0 saturated carbocycles. The molecule has 0 bridgehead atoms. The fraction of sp³-hybridized carbons (Fsp3) is 0.462. The maximum absolute atomic E-state index is 11.9. The quantitative estimate of drug-likeness (QED) is 0.795. The highest BCUT2D eigenvalue weighted by Crippen LogP contribution is 2.15. The van der Waals surface area contributed by atoms with Gasteiger partial charge in [0.1, 0.15) is 5.75 Å². The molecule has 0 aromatic heterocycles. The van der Waals surface area contributed by atoms with Crippen molar-refractivity contribution in [2.45, 2.75) is 20.3 Å². The summed E-state index contributed by atoms with van der Waals surface area (Å²) in [6.45, 7) is 4.47. The van der Waals surface area contributed by atoms with Gasteiger partial charge in [0.25, 0.3) is 5.91 Å². The van der Waals surface area contributed by atoms with Gasteiger partial charge in [-0.05, 0) is 43.0 Å². The molecule has 0 radical (unpaired) electrons. The van der Waals surface area contributed by atoms with Crippen LogP contribution in [0.4, 0.5) is 0 Å². The van der Waals surface area contributed by atoms with E-state index in [0.717, 1.165) is 12.0 Å². The second-order valence-corrected chi connectivity index (χ2v) is 4.67. The summed E-state index contributed by atoms with van der Waals surface area (Å²) in [5.41, 5.74) is 1.37. The Balaban J connectivity index is 2.58. The Bertz CT molecular complexity index is 393. The predicted molar refractivity (Wildman–Crippen MR) is 69.7 cm³/mol. The summed E-state index contributed by atoms with van der Waals surface area (Å²) in [7, 11) is 0. The number of halogens is 1. The number of hydrogen-bond acceptors (Lipinski definition) is 2. The topological polar surface area (TPSA) is 49.3 Å². The van der Waals surface area contributed by atoms with Crippen LogP contribution in [0.15, 0.2) is 18.2 Å². The van der Waals surface area contributed by atoms with Crippen molar-refractivity contribution < 1.29 is 9.90 Å². The number of rotatable bonds is 5. The Kier molecular flexibility index (Phi) is 5.29. The number of nitrogens with one attached hydrogen (secondary N) is 1. The van der Waals surface area contributed by atoms with E-state index >= 15 is 0 Å². The molecule has 17 heavy (non-hydrogen) atoms. The average Bonchev–Trinajstić information content (AvgIpc) is 2.26. The molecule has 1 amide bonds. The maximum Gasteiger partial charge on any atom is 0.251 e. The van der Waals surface area contributed by atoms with Gasteiger partial charge in [-0.25, -0.2) is 0 Å². The van der Waals surface area contributed by atoms with Crippen molar-refractivity contribution >= 4 is 17.5 Å². The molecule has 0 spiro atoms. The van der Waals surface area contributed by atoms with E-state index in [1.54, 1.807) is 19.1 Å². The lowest BCUT2D eigenvalue weighted by molar-refractivity contribution is 0.0947. The lowest BCUT2D eigenvalue weighted by Gasteiger charge is -2.12. The largest absolute Gasteiger partial charge is 0.508 e. The van der Waals surface area contributed by atoms with Gasteiger partial charge in [0.15, 0.2) is 0 Å². The molecule has 3 nitrogen and oxygen atoms in total. The molecule has 0 heterocycles. The molecule has 4 heteroatoms. The van der Waals surface area contributed by atoms with Crippen molar-refractivity contribution in [1.82, 2.24) is 5.32 Å². The molecule has 0 aliphatic rings. The third-order valence-electron chi connectivity index (χ3n) is 2.67. The van der Waals surface area contributed by atoms with Crippen LogP contribution in [0.1, 0.15) is 29.3 Å². The first-order chi connectivity index (χ1) is 8.04. The zero-order valence-electron chi connectivity index (χ0n) is 10.2. The standard InChI is InChI=1S/C13H18ClNO2/c1-9(5-6-14)8-15-13(17)12-4-3-11(16)7-10(12)2/h3-4,7,9,16H,5-6,8H2,1-2H3,(H,15,17). The van der Waals surface area contributed by atoms with Crippen LogP contribution in [0, 0.1) is 12.8 Å². The van der Waals surface area contributed by atoms with E-state index in [0.29, 0.717) is 23.9 Å². The van der Waals surface area contributed by atoms with Gasteiger partial charge in [-0.3, -0.25) is 4.79 Å². The third-order valence-corrected chi connectivity index (χ3v) is 2.89. The fourth-order valence-corrected chi connectivity index (χ4v) is 1.93. The Morgan fingerprint density at radius 1 is 1.53 bits per heavy atom. The average molecular weight is 256 g/mol. The monoisotopic (exact) mass is 255 g/mol. The Morgan fingerprint density at radius 3 is 2.82 bits per heavy atom. The van der Waals surface area contributed by atoms with Crippen molar-refractivity contribution in [3.63, 3.8) is 0 Å². The van der Waals surface area contributed by atoms with E-state index in [9.17, 15) is 9.90 Å². The van der Waals surface area contributed by atoms with Crippen LogP contribution in [-0.4, -0.2) is 23.4 Å². The van der Waals surface area contributed by atoms with E-state index in [1.807, 2.05) is 6.92 Å². The van der Waals surface area contributed by atoms with Crippen molar-refractivity contribution in [1.29, 1.82) is 0 Å². The number of phenols is 1. The van der Waals surface area contributed by atoms with E-state index < -0.39 is 0 Å². The number of aromatic hydroxyl groups is 1. The van der Waals surface area contributed by atoms with Gasteiger partial charge in [-0.1, -0.05) is 6.92 Å². The molecule has 0 saturated heterocycles. The molecule has 1 atom stereocenters. The molecule has 1 rings (SSSR count). The fourth-order valence-electron chi connectivity index (χ4n) is 1.55. The summed E-state index contributed by atoms with van der Waals surface area (Å²) >= 11 is 5.63. The number of aryl methyl sites for hydroxylation is 1. The third kappa shape index (κ3) is 4.27. The van der Waals surface area contributed by atoms with E-state index in [1.165, 1.54) is 6.07 Å². The molecule has 94 valence electrons. The van der Waals surface area contributed by atoms with E-state index in [2.05, 4.69) is 5.32 Å². The zero-order valence-corrected chi connectivity index (χ0v) is 10.9. The van der Waals surface area contributed by atoms with Gasteiger partial charge >= 0.3 is 0 Å². The summed E-state index contributed by atoms with van der Waals surface area (Å²) < 4.78 is 0. The van der Waals surface area contributed by atoms with Crippen LogP contribution in [-0.2, 0) is 0 Å². The first-order valence-electron chi connectivity index (χ1n) is 5.68. The molecule has 1 aromatic rings. The normalized spacial score (nSPS) is 12.2. The summed E-state index contributed by atoms with van der Waals surface area (Å²) in [6, 6.07) is 4.73. The smallest absolute Gasteiger partial charge is 0.251 e. The first-order valence-corrected chi connectivity index (χ1v) is 6.21. The molecule has 1 aromatic carbocycles. The summed E-state index contributed by atoms with van der Waals surface area (Å²) in [5, 5.41) is 12.1. The number of hydrogen-bond donors (Lipinski definition) is 2. The van der Waals surface area contributed by atoms with Gasteiger partial charge < -0.3 is 10.4 Å². The van der Waals surface area contributed by atoms with Crippen LogP contribution in [0.3, 0.4) is 0 Å². The molecule has 0 aliphatic carbocycles. The van der Waals surface area contributed by atoms with Crippen molar-refractivity contribution in [3.05, 3.63) is 29.3 Å². The predicted octanol–water partition coefficient (Wildman–Crippen LogP) is 2.70. The lowest BCUT2D eigenvalue weighted by Crippen LogP contribution is -2.28. The number of phenolic OH excluding ortho intramolecular Hbond substituents is 1.